The average Bonchev–Trinajstić information content (AvgIpc) is 2.68. The van der Waals surface area contributed by atoms with Gasteiger partial charge in [0.15, 0.2) is 0 Å². The summed E-state index contributed by atoms with van der Waals surface area (Å²) in [5, 5.41) is 19.9. The van der Waals surface area contributed by atoms with E-state index in [-0.39, 0.29) is 63.1 Å². The van der Waals surface area contributed by atoms with Crippen LogP contribution in [0.1, 0.15) is 122 Å². The first-order valence-corrected chi connectivity index (χ1v) is 13.2. The predicted molar refractivity (Wildman–Crippen MR) is 130 cm³/mol. The fraction of sp³-hybridized carbons (Fsp3) is 0.750. The molecule has 5 nitrogen and oxygen atoms in total. The van der Waals surface area contributed by atoms with Crippen molar-refractivity contribution in [3.8, 4) is 11.5 Å². The zero-order chi connectivity index (χ0) is 22.4. The Morgan fingerprint density at radius 1 is 0.742 bits per heavy atom. The van der Waals surface area contributed by atoms with Crippen LogP contribution in [0.3, 0.4) is 0 Å². The number of hydrogen-bond acceptors (Lipinski definition) is 4. The zero-order valence-electron chi connectivity index (χ0n) is 18.9. The number of hydrogen-bond donors (Lipinski definition) is 3. The normalized spacial score (nSPS) is 12.5. The van der Waals surface area contributed by atoms with E-state index >= 15 is 0 Å². The molecule has 0 aromatic heterocycles. The van der Waals surface area contributed by atoms with E-state index in [1.807, 2.05) is 6.92 Å². The molecular formula is C24H43KO5S. The molecule has 176 valence electrons. The number of phenolic OH excluding ortho intramolecular Hbond substituents is 2. The van der Waals surface area contributed by atoms with E-state index in [2.05, 4.69) is 6.92 Å². The van der Waals surface area contributed by atoms with Gasteiger partial charge < -0.3 is 10.2 Å². The van der Waals surface area contributed by atoms with Gasteiger partial charge in [-0.15, -0.1) is 0 Å². The van der Waals surface area contributed by atoms with Gasteiger partial charge in [0, 0.05) is 11.6 Å². The fourth-order valence-corrected chi connectivity index (χ4v) is 4.56. The third kappa shape index (κ3) is 13.6. The summed E-state index contributed by atoms with van der Waals surface area (Å²) >= 11 is 0. The molecule has 7 heteroatoms. The molecule has 0 radical (unpaired) electrons. The summed E-state index contributed by atoms with van der Waals surface area (Å²) in [6.07, 6.45) is 19.1. The molecule has 0 aliphatic rings. The molecular weight excluding hydrogens is 439 g/mol. The summed E-state index contributed by atoms with van der Waals surface area (Å²) in [4.78, 5) is -0.660. The Kier molecular flexibility index (Phi) is 18.0. The van der Waals surface area contributed by atoms with Gasteiger partial charge >= 0.3 is 51.4 Å². The second-order valence-corrected chi connectivity index (χ2v) is 10.0. The fourth-order valence-electron chi connectivity index (χ4n) is 3.98. The number of benzene rings is 1. The maximum atomic E-state index is 11.2. The van der Waals surface area contributed by atoms with Crippen LogP contribution in [0.25, 0.3) is 0 Å². The first-order chi connectivity index (χ1) is 14.3. The average molecular weight is 483 g/mol. The molecule has 0 amide bonds. The van der Waals surface area contributed by atoms with Crippen molar-refractivity contribution in [1.29, 1.82) is 0 Å². The van der Waals surface area contributed by atoms with Gasteiger partial charge in [-0.25, -0.2) is 0 Å². The molecule has 31 heavy (non-hydrogen) atoms. The Hall–Kier alpha value is 0.366. The third-order valence-electron chi connectivity index (χ3n) is 5.91. The van der Waals surface area contributed by atoms with Crippen LogP contribution in [0.2, 0.25) is 0 Å². The monoisotopic (exact) mass is 482 g/mol. The molecule has 0 bridgehead atoms. The summed E-state index contributed by atoms with van der Waals surface area (Å²) in [5.74, 6) is -0.736. The van der Waals surface area contributed by atoms with E-state index in [4.69, 9.17) is 4.55 Å². The molecule has 0 heterocycles. The van der Waals surface area contributed by atoms with Gasteiger partial charge in [0.05, 0.1) is 0 Å². The molecule has 0 fully saturated rings. The van der Waals surface area contributed by atoms with Crippen LogP contribution in [0.4, 0.5) is 0 Å². The van der Waals surface area contributed by atoms with Crippen molar-refractivity contribution >= 4 is 61.5 Å². The molecule has 0 aliphatic heterocycles. The summed E-state index contributed by atoms with van der Waals surface area (Å²) in [6, 6.07) is 2.16. The van der Waals surface area contributed by atoms with E-state index in [9.17, 15) is 18.6 Å². The molecule has 1 aromatic rings. The van der Waals surface area contributed by atoms with Crippen LogP contribution >= 0.6 is 0 Å². The van der Waals surface area contributed by atoms with Crippen molar-refractivity contribution in [2.75, 3.05) is 0 Å². The predicted octanol–water partition coefficient (Wildman–Crippen LogP) is 6.67. The number of unbranched alkanes of at least 4 members (excludes halogenated alkanes) is 13. The Morgan fingerprint density at radius 3 is 1.58 bits per heavy atom. The van der Waals surface area contributed by atoms with E-state index in [1.54, 1.807) is 0 Å². The van der Waals surface area contributed by atoms with Crippen molar-refractivity contribution in [2.45, 2.75) is 121 Å². The molecule has 0 aliphatic carbocycles. The summed E-state index contributed by atoms with van der Waals surface area (Å²) in [5.41, 5.74) is 0.509. The molecule has 1 rings (SSSR count). The molecule has 0 saturated carbocycles. The van der Waals surface area contributed by atoms with Gasteiger partial charge in [-0.3, -0.25) is 4.55 Å². The summed E-state index contributed by atoms with van der Waals surface area (Å²) < 4.78 is 31.5. The van der Waals surface area contributed by atoms with Crippen LogP contribution < -0.4 is 0 Å². The maximum absolute atomic E-state index is 11.2. The van der Waals surface area contributed by atoms with E-state index < -0.39 is 20.8 Å². The number of phenols is 2. The molecule has 3 N–H and O–H groups in total. The van der Waals surface area contributed by atoms with Crippen LogP contribution in [0.15, 0.2) is 17.0 Å². The summed E-state index contributed by atoms with van der Waals surface area (Å²) in [6.45, 7) is 4.20. The SMILES string of the molecule is CCCCCCCCCCCCCCCCC(C)c1cc(O)c(S(=O)(=O)O)cc1O.[KH]. The van der Waals surface area contributed by atoms with Crippen molar-refractivity contribution in [3.63, 3.8) is 0 Å². The summed E-state index contributed by atoms with van der Waals surface area (Å²) in [7, 11) is -4.55. The Balaban J connectivity index is 0.00000900. The molecule has 0 spiro atoms. The molecule has 1 atom stereocenters. The van der Waals surface area contributed by atoms with Crippen molar-refractivity contribution in [3.05, 3.63) is 17.7 Å². The van der Waals surface area contributed by atoms with Gasteiger partial charge in [0.2, 0.25) is 0 Å². The second-order valence-electron chi connectivity index (χ2n) is 8.64. The van der Waals surface area contributed by atoms with Crippen molar-refractivity contribution in [1.82, 2.24) is 0 Å². The topological polar surface area (TPSA) is 94.8 Å². The van der Waals surface area contributed by atoms with E-state index in [0.717, 1.165) is 25.3 Å². The Bertz CT molecular complexity index is 706. The Labute approximate surface area is 232 Å². The first-order valence-electron chi connectivity index (χ1n) is 11.8. The minimum absolute atomic E-state index is 0. The number of aromatic hydroxyl groups is 2. The van der Waals surface area contributed by atoms with Gasteiger partial charge in [-0.1, -0.05) is 104 Å². The quantitative estimate of drug-likeness (QED) is 0.0997. The molecule has 0 saturated heterocycles. The van der Waals surface area contributed by atoms with E-state index in [1.165, 1.54) is 83.1 Å². The first kappa shape index (κ1) is 31.4. The van der Waals surface area contributed by atoms with Gasteiger partial charge in [0.25, 0.3) is 10.1 Å². The Morgan fingerprint density at radius 2 is 1.16 bits per heavy atom. The van der Waals surface area contributed by atoms with Crippen LogP contribution in [0, 0.1) is 0 Å². The zero-order valence-corrected chi connectivity index (χ0v) is 19.7. The van der Waals surface area contributed by atoms with Crippen molar-refractivity contribution < 1.29 is 23.2 Å². The third-order valence-corrected chi connectivity index (χ3v) is 6.79. The number of rotatable bonds is 17. The second kappa shape index (κ2) is 17.8. The standard InChI is InChI=1S/C24H42O5S.K.H/c1-3-4-5-6-7-8-9-10-11-12-13-14-15-16-17-20(2)21-18-23(26)24(19-22(21)25)30(27,28)29;;/h18-20,25-26H,3-17H2,1-2H3,(H,27,28,29);;. The van der Waals surface area contributed by atoms with E-state index in [0.29, 0.717) is 5.56 Å². The van der Waals surface area contributed by atoms with Crippen molar-refractivity contribution in [2.24, 2.45) is 0 Å². The minimum atomic E-state index is -4.55. The van der Waals surface area contributed by atoms with Crippen LogP contribution in [-0.4, -0.2) is 74.6 Å². The molecule has 1 unspecified atom stereocenters. The van der Waals surface area contributed by atoms with Gasteiger partial charge in [-0.2, -0.15) is 8.42 Å². The van der Waals surface area contributed by atoms with Crippen LogP contribution in [-0.2, 0) is 10.1 Å². The van der Waals surface area contributed by atoms with Gasteiger partial charge in [0.1, 0.15) is 16.4 Å². The van der Waals surface area contributed by atoms with Crippen LogP contribution in [0.5, 0.6) is 11.5 Å². The molecule has 1 aromatic carbocycles. The van der Waals surface area contributed by atoms with Gasteiger partial charge in [-0.05, 0) is 18.4 Å².